The van der Waals surface area contributed by atoms with E-state index in [1.54, 1.807) is 0 Å². The number of benzene rings is 1. The number of hydrogen-bond donors (Lipinski definition) is 1. The lowest BCUT2D eigenvalue weighted by molar-refractivity contribution is 0.569. The molecule has 0 saturated heterocycles. The maximum Gasteiger partial charge on any atom is 0.0458 e. The summed E-state index contributed by atoms with van der Waals surface area (Å²) in [7, 11) is 0. The van der Waals surface area contributed by atoms with E-state index in [0.717, 1.165) is 17.4 Å². The maximum atomic E-state index is 6.22. The van der Waals surface area contributed by atoms with Crippen molar-refractivity contribution in [1.29, 1.82) is 0 Å². The van der Waals surface area contributed by atoms with E-state index in [-0.39, 0.29) is 0 Å². The average molecular weight is 222 g/mol. The third-order valence-corrected chi connectivity index (χ3v) is 4.04. The van der Waals surface area contributed by atoms with E-state index in [1.165, 1.54) is 36.1 Å². The van der Waals surface area contributed by atoms with Gasteiger partial charge < -0.3 is 5.32 Å². The van der Waals surface area contributed by atoms with E-state index in [4.69, 9.17) is 11.6 Å². The number of hydrogen-bond acceptors (Lipinski definition) is 1. The van der Waals surface area contributed by atoms with Crippen molar-refractivity contribution in [3.63, 3.8) is 0 Å². The van der Waals surface area contributed by atoms with Crippen LogP contribution in [0.1, 0.15) is 30.4 Å². The van der Waals surface area contributed by atoms with Gasteiger partial charge in [0.25, 0.3) is 0 Å². The zero-order valence-corrected chi connectivity index (χ0v) is 9.77. The topological polar surface area (TPSA) is 12.0 Å². The van der Waals surface area contributed by atoms with E-state index in [2.05, 4.69) is 18.3 Å². The van der Waals surface area contributed by atoms with Crippen LogP contribution in [0.2, 0.25) is 5.02 Å². The highest BCUT2D eigenvalue weighted by molar-refractivity contribution is 6.31. The van der Waals surface area contributed by atoms with E-state index < -0.39 is 0 Å². The van der Waals surface area contributed by atoms with Crippen LogP contribution in [0, 0.1) is 12.8 Å². The van der Waals surface area contributed by atoms with Gasteiger partial charge in [0.2, 0.25) is 0 Å². The van der Waals surface area contributed by atoms with E-state index in [0.29, 0.717) is 6.04 Å². The largest absolute Gasteiger partial charge is 0.382 e. The van der Waals surface area contributed by atoms with E-state index in [9.17, 15) is 0 Å². The van der Waals surface area contributed by atoms with Crippen LogP contribution in [-0.2, 0) is 6.42 Å². The summed E-state index contributed by atoms with van der Waals surface area (Å²) in [6.45, 7) is 2.16. The standard InChI is InChI=1S/C13H16ClN/c1-8-2-6-11(14)10-5-7-12(9-3-4-9)15-13(8)10/h2,6,9,12,15H,3-5,7H2,1H3. The molecule has 1 nitrogen and oxygen atoms in total. The Morgan fingerprint density at radius 2 is 2.07 bits per heavy atom. The Balaban J connectivity index is 1.96. The Bertz CT molecular complexity index is 396. The SMILES string of the molecule is Cc1ccc(Cl)c2c1NC(C1CC1)CC2. The van der Waals surface area contributed by atoms with E-state index in [1.807, 2.05) is 6.07 Å². The third kappa shape index (κ3) is 1.63. The smallest absolute Gasteiger partial charge is 0.0458 e. The highest BCUT2D eigenvalue weighted by atomic mass is 35.5. The summed E-state index contributed by atoms with van der Waals surface area (Å²) < 4.78 is 0. The fraction of sp³-hybridized carbons (Fsp3) is 0.538. The van der Waals surface area contributed by atoms with Gasteiger partial charge in [0, 0.05) is 16.8 Å². The molecular formula is C13H16ClN. The molecule has 0 bridgehead atoms. The van der Waals surface area contributed by atoms with Crippen LogP contribution < -0.4 is 5.32 Å². The predicted octanol–water partition coefficient (Wildman–Crippen LogP) is 3.79. The lowest BCUT2D eigenvalue weighted by Crippen LogP contribution is -2.28. The molecule has 1 aliphatic heterocycles. The molecular weight excluding hydrogens is 206 g/mol. The van der Waals surface area contributed by atoms with Crippen molar-refractivity contribution < 1.29 is 0 Å². The van der Waals surface area contributed by atoms with Crippen molar-refractivity contribution in [1.82, 2.24) is 0 Å². The molecule has 1 atom stereocenters. The molecule has 15 heavy (non-hydrogen) atoms. The zero-order chi connectivity index (χ0) is 10.4. The fourth-order valence-corrected chi connectivity index (χ4v) is 2.85. The van der Waals surface area contributed by atoms with Crippen LogP contribution in [-0.4, -0.2) is 6.04 Å². The molecule has 1 aliphatic carbocycles. The summed E-state index contributed by atoms with van der Waals surface area (Å²) in [6, 6.07) is 4.84. The van der Waals surface area contributed by atoms with Crippen molar-refractivity contribution in [3.8, 4) is 0 Å². The highest BCUT2D eigenvalue weighted by Gasteiger charge is 2.33. The molecule has 0 amide bonds. The lowest BCUT2D eigenvalue weighted by atomic mass is 9.93. The van der Waals surface area contributed by atoms with Crippen molar-refractivity contribution >= 4 is 17.3 Å². The normalized spacial score (nSPS) is 24.5. The molecule has 2 aliphatic rings. The Kier molecular flexibility index (Phi) is 2.17. The van der Waals surface area contributed by atoms with Crippen LogP contribution in [0.15, 0.2) is 12.1 Å². The summed E-state index contributed by atoms with van der Waals surface area (Å²) in [5, 5.41) is 4.61. The van der Waals surface area contributed by atoms with Gasteiger partial charge in [-0.05, 0) is 55.7 Å². The van der Waals surface area contributed by atoms with Gasteiger partial charge in [-0.2, -0.15) is 0 Å². The first-order chi connectivity index (χ1) is 7.25. The molecule has 0 spiro atoms. The molecule has 1 heterocycles. The number of rotatable bonds is 1. The molecule has 1 aromatic carbocycles. The van der Waals surface area contributed by atoms with Crippen molar-refractivity contribution in [3.05, 3.63) is 28.3 Å². The monoisotopic (exact) mass is 221 g/mol. The van der Waals surface area contributed by atoms with E-state index >= 15 is 0 Å². The lowest BCUT2D eigenvalue weighted by Gasteiger charge is -2.29. The van der Waals surface area contributed by atoms with Crippen molar-refractivity contribution in [2.45, 2.75) is 38.6 Å². The molecule has 2 heteroatoms. The summed E-state index contributed by atoms with van der Waals surface area (Å²) in [5.41, 5.74) is 3.97. The number of halogens is 1. The Morgan fingerprint density at radius 3 is 2.80 bits per heavy atom. The Hall–Kier alpha value is -0.690. The molecule has 1 aromatic rings. The van der Waals surface area contributed by atoms with Gasteiger partial charge in [0.05, 0.1) is 0 Å². The first-order valence-electron chi connectivity index (χ1n) is 5.80. The molecule has 1 N–H and O–H groups in total. The number of nitrogens with one attached hydrogen (secondary N) is 1. The quantitative estimate of drug-likeness (QED) is 0.761. The Morgan fingerprint density at radius 1 is 1.27 bits per heavy atom. The van der Waals surface area contributed by atoms with Gasteiger partial charge in [-0.1, -0.05) is 17.7 Å². The number of anilines is 1. The molecule has 0 aromatic heterocycles. The first-order valence-corrected chi connectivity index (χ1v) is 6.18. The second kappa shape index (κ2) is 3.41. The molecule has 3 rings (SSSR count). The Labute approximate surface area is 95.8 Å². The summed E-state index contributed by atoms with van der Waals surface area (Å²) >= 11 is 6.22. The summed E-state index contributed by atoms with van der Waals surface area (Å²) in [6.07, 6.45) is 5.21. The molecule has 1 saturated carbocycles. The molecule has 1 fully saturated rings. The van der Waals surface area contributed by atoms with Gasteiger partial charge in [-0.15, -0.1) is 0 Å². The predicted molar refractivity (Wildman–Crippen MR) is 64.6 cm³/mol. The third-order valence-electron chi connectivity index (χ3n) is 3.69. The summed E-state index contributed by atoms with van der Waals surface area (Å²) in [5.74, 6) is 0.927. The molecule has 0 radical (unpaired) electrons. The first kappa shape index (κ1) is 9.53. The van der Waals surface area contributed by atoms with Gasteiger partial charge in [0.1, 0.15) is 0 Å². The van der Waals surface area contributed by atoms with Gasteiger partial charge >= 0.3 is 0 Å². The maximum absolute atomic E-state index is 6.22. The van der Waals surface area contributed by atoms with Gasteiger partial charge in [-0.3, -0.25) is 0 Å². The van der Waals surface area contributed by atoms with Gasteiger partial charge in [-0.25, -0.2) is 0 Å². The van der Waals surface area contributed by atoms with Crippen LogP contribution >= 0.6 is 11.6 Å². The number of aryl methyl sites for hydroxylation is 1. The zero-order valence-electron chi connectivity index (χ0n) is 9.02. The van der Waals surface area contributed by atoms with Crippen molar-refractivity contribution in [2.24, 2.45) is 5.92 Å². The van der Waals surface area contributed by atoms with Crippen LogP contribution in [0.3, 0.4) is 0 Å². The van der Waals surface area contributed by atoms with Crippen LogP contribution in [0.25, 0.3) is 0 Å². The second-order valence-corrected chi connectivity index (χ2v) is 5.25. The fourth-order valence-electron chi connectivity index (χ4n) is 2.59. The minimum Gasteiger partial charge on any atom is -0.382 e. The molecule has 80 valence electrons. The minimum atomic E-state index is 0.703. The van der Waals surface area contributed by atoms with Gasteiger partial charge in [0.15, 0.2) is 0 Å². The van der Waals surface area contributed by atoms with Crippen molar-refractivity contribution in [2.75, 3.05) is 5.32 Å². The number of fused-ring (bicyclic) bond motifs is 1. The highest BCUT2D eigenvalue weighted by Crippen LogP contribution is 2.41. The average Bonchev–Trinajstić information content (AvgIpc) is 3.07. The van der Waals surface area contributed by atoms with Crippen LogP contribution in [0.5, 0.6) is 0 Å². The van der Waals surface area contributed by atoms with Crippen LogP contribution in [0.4, 0.5) is 5.69 Å². The molecule has 1 unspecified atom stereocenters. The second-order valence-electron chi connectivity index (χ2n) is 4.84. The summed E-state index contributed by atoms with van der Waals surface area (Å²) in [4.78, 5) is 0. The minimum absolute atomic E-state index is 0.703.